The van der Waals surface area contributed by atoms with Gasteiger partial charge in [-0.2, -0.15) is 5.10 Å². The average molecular weight is 378 g/mol. The molecule has 1 heterocycles. The van der Waals surface area contributed by atoms with Gasteiger partial charge < -0.3 is 9.73 Å². The molecule has 0 fully saturated rings. The summed E-state index contributed by atoms with van der Waals surface area (Å²) < 4.78 is 5.78. The Morgan fingerprint density at radius 1 is 1.22 bits per heavy atom. The van der Waals surface area contributed by atoms with Gasteiger partial charge in [0.25, 0.3) is 5.91 Å². The van der Waals surface area contributed by atoms with Crippen LogP contribution in [0.1, 0.15) is 29.0 Å². The molecule has 2 aromatic rings. The number of amides is 2. The summed E-state index contributed by atoms with van der Waals surface area (Å²) in [7, 11) is 0. The summed E-state index contributed by atoms with van der Waals surface area (Å²) in [6.45, 7) is 0.412. The molecule has 0 atom stereocenters. The van der Waals surface area contributed by atoms with Crippen molar-refractivity contribution in [2.75, 3.05) is 6.54 Å². The SMILES string of the molecule is O=C(CCCNC(=O)c1ccccc1Br)N/N=C/c1ccco1. The fourth-order valence-corrected chi connectivity index (χ4v) is 2.24. The topological polar surface area (TPSA) is 83.7 Å². The highest BCUT2D eigenvalue weighted by Gasteiger charge is 2.08. The van der Waals surface area contributed by atoms with E-state index in [1.165, 1.54) is 12.5 Å². The first-order chi connectivity index (χ1) is 11.2. The monoisotopic (exact) mass is 377 g/mol. The first-order valence-electron chi connectivity index (χ1n) is 7.05. The van der Waals surface area contributed by atoms with Crippen molar-refractivity contribution in [3.63, 3.8) is 0 Å². The van der Waals surface area contributed by atoms with Crippen LogP contribution in [0.15, 0.2) is 56.7 Å². The molecule has 6 nitrogen and oxygen atoms in total. The second-order valence-electron chi connectivity index (χ2n) is 4.65. The van der Waals surface area contributed by atoms with Crippen LogP contribution in [0.4, 0.5) is 0 Å². The van der Waals surface area contributed by atoms with Gasteiger partial charge in [0.15, 0.2) is 0 Å². The third kappa shape index (κ3) is 5.71. The van der Waals surface area contributed by atoms with Gasteiger partial charge in [0.05, 0.1) is 18.0 Å². The lowest BCUT2D eigenvalue weighted by atomic mass is 10.2. The van der Waals surface area contributed by atoms with Gasteiger partial charge in [-0.3, -0.25) is 9.59 Å². The number of furan rings is 1. The van der Waals surface area contributed by atoms with E-state index in [2.05, 4.69) is 31.8 Å². The number of hydrazone groups is 1. The molecule has 0 aliphatic heterocycles. The minimum atomic E-state index is -0.219. The molecular weight excluding hydrogens is 362 g/mol. The molecule has 120 valence electrons. The zero-order valence-electron chi connectivity index (χ0n) is 12.3. The zero-order valence-corrected chi connectivity index (χ0v) is 13.9. The minimum Gasteiger partial charge on any atom is -0.463 e. The van der Waals surface area contributed by atoms with Crippen molar-refractivity contribution in [3.05, 3.63) is 58.5 Å². The second kappa shape index (κ2) is 8.89. The van der Waals surface area contributed by atoms with E-state index in [9.17, 15) is 9.59 Å². The van der Waals surface area contributed by atoms with Crippen molar-refractivity contribution in [1.82, 2.24) is 10.7 Å². The molecule has 0 unspecified atom stereocenters. The number of nitrogens with one attached hydrogen (secondary N) is 2. The second-order valence-corrected chi connectivity index (χ2v) is 5.50. The summed E-state index contributed by atoms with van der Waals surface area (Å²) in [5.74, 6) is 0.169. The highest BCUT2D eigenvalue weighted by Crippen LogP contribution is 2.15. The summed E-state index contributed by atoms with van der Waals surface area (Å²) in [5, 5.41) is 6.55. The van der Waals surface area contributed by atoms with Gasteiger partial charge >= 0.3 is 0 Å². The molecule has 0 aliphatic carbocycles. The quantitative estimate of drug-likeness (QED) is 0.442. The normalized spacial score (nSPS) is 10.7. The van der Waals surface area contributed by atoms with Crippen LogP contribution in [0.5, 0.6) is 0 Å². The van der Waals surface area contributed by atoms with Crippen LogP contribution in [0.3, 0.4) is 0 Å². The van der Waals surface area contributed by atoms with Crippen molar-refractivity contribution in [2.24, 2.45) is 5.10 Å². The molecule has 0 bridgehead atoms. The van der Waals surface area contributed by atoms with E-state index in [1.54, 1.807) is 30.3 Å². The molecule has 23 heavy (non-hydrogen) atoms. The molecule has 0 aliphatic rings. The van der Waals surface area contributed by atoms with Crippen LogP contribution in [0, 0.1) is 0 Å². The molecular formula is C16H16BrN3O3. The number of halogens is 1. The van der Waals surface area contributed by atoms with Crippen LogP contribution in [-0.2, 0) is 4.79 Å². The van der Waals surface area contributed by atoms with Crippen molar-refractivity contribution in [3.8, 4) is 0 Å². The maximum absolute atomic E-state index is 11.9. The van der Waals surface area contributed by atoms with Crippen molar-refractivity contribution >= 4 is 34.0 Å². The summed E-state index contributed by atoms with van der Waals surface area (Å²) >= 11 is 3.33. The number of rotatable bonds is 7. The van der Waals surface area contributed by atoms with Crippen LogP contribution in [0.2, 0.25) is 0 Å². The Bertz CT molecular complexity index is 684. The molecule has 2 amide bonds. The van der Waals surface area contributed by atoms with Crippen LogP contribution >= 0.6 is 15.9 Å². The lowest BCUT2D eigenvalue weighted by Crippen LogP contribution is -2.26. The maximum Gasteiger partial charge on any atom is 0.252 e. The maximum atomic E-state index is 11.9. The van der Waals surface area contributed by atoms with Gasteiger partial charge in [-0.05, 0) is 46.6 Å². The fraction of sp³-hybridized carbons (Fsp3) is 0.188. The summed E-state index contributed by atoms with van der Waals surface area (Å²) in [6.07, 6.45) is 3.74. The van der Waals surface area contributed by atoms with Gasteiger partial charge in [-0.15, -0.1) is 0 Å². The van der Waals surface area contributed by atoms with E-state index in [-0.39, 0.29) is 18.2 Å². The number of benzene rings is 1. The third-order valence-electron chi connectivity index (χ3n) is 2.91. The van der Waals surface area contributed by atoms with Gasteiger partial charge in [-0.1, -0.05) is 12.1 Å². The molecule has 0 radical (unpaired) electrons. The Labute approximate surface area is 142 Å². The van der Waals surface area contributed by atoms with Crippen LogP contribution in [-0.4, -0.2) is 24.6 Å². The number of nitrogens with zero attached hydrogens (tertiary/aromatic N) is 1. The first kappa shape index (κ1) is 17.0. The van der Waals surface area contributed by atoms with E-state index in [0.29, 0.717) is 24.3 Å². The molecule has 7 heteroatoms. The first-order valence-corrected chi connectivity index (χ1v) is 7.84. The molecule has 0 saturated heterocycles. The lowest BCUT2D eigenvalue weighted by molar-refractivity contribution is -0.121. The predicted octanol–water partition coefficient (Wildman–Crippen LogP) is 2.70. The Kier molecular flexibility index (Phi) is 6.56. The van der Waals surface area contributed by atoms with E-state index < -0.39 is 0 Å². The fourth-order valence-electron chi connectivity index (χ4n) is 1.78. The summed E-state index contributed by atoms with van der Waals surface area (Å²) in [6, 6.07) is 10.6. The Morgan fingerprint density at radius 3 is 2.78 bits per heavy atom. The Hall–Kier alpha value is -2.41. The molecule has 1 aromatic heterocycles. The van der Waals surface area contributed by atoms with E-state index in [1.807, 2.05) is 6.07 Å². The van der Waals surface area contributed by atoms with Crippen LogP contribution < -0.4 is 10.7 Å². The van der Waals surface area contributed by atoms with Crippen molar-refractivity contribution < 1.29 is 14.0 Å². The molecule has 2 N–H and O–H groups in total. The summed E-state index contributed by atoms with van der Waals surface area (Å²) in [4.78, 5) is 23.5. The van der Waals surface area contributed by atoms with E-state index >= 15 is 0 Å². The summed E-state index contributed by atoms with van der Waals surface area (Å²) in [5.41, 5.74) is 2.97. The van der Waals surface area contributed by atoms with Gasteiger partial charge in [-0.25, -0.2) is 5.43 Å². The van der Waals surface area contributed by atoms with Crippen molar-refractivity contribution in [1.29, 1.82) is 0 Å². The van der Waals surface area contributed by atoms with Gasteiger partial charge in [0.2, 0.25) is 5.91 Å². The Morgan fingerprint density at radius 2 is 2.04 bits per heavy atom. The average Bonchev–Trinajstić information content (AvgIpc) is 3.05. The van der Waals surface area contributed by atoms with E-state index in [0.717, 1.165) is 4.47 Å². The smallest absolute Gasteiger partial charge is 0.252 e. The highest BCUT2D eigenvalue weighted by atomic mass is 79.9. The predicted molar refractivity (Wildman–Crippen MR) is 90.2 cm³/mol. The number of carbonyl (C=O) groups is 2. The number of hydrogen-bond donors (Lipinski definition) is 2. The largest absolute Gasteiger partial charge is 0.463 e. The van der Waals surface area contributed by atoms with Crippen molar-refractivity contribution in [2.45, 2.75) is 12.8 Å². The molecule has 2 rings (SSSR count). The standard InChI is InChI=1S/C16H16BrN3O3/c17-14-7-2-1-6-13(14)16(22)18-9-3-8-15(21)20-19-11-12-5-4-10-23-12/h1-2,4-7,10-11H,3,8-9H2,(H,18,22)(H,20,21)/b19-11+. The Balaban J connectivity index is 1.64. The van der Waals surface area contributed by atoms with Gasteiger partial charge in [0, 0.05) is 17.4 Å². The number of hydrogen-bond acceptors (Lipinski definition) is 4. The minimum absolute atomic E-state index is 0.172. The van der Waals surface area contributed by atoms with E-state index in [4.69, 9.17) is 4.42 Å². The number of carbonyl (C=O) groups excluding carboxylic acids is 2. The highest BCUT2D eigenvalue weighted by molar-refractivity contribution is 9.10. The lowest BCUT2D eigenvalue weighted by Gasteiger charge is -2.06. The molecule has 0 spiro atoms. The van der Waals surface area contributed by atoms with Gasteiger partial charge in [0.1, 0.15) is 5.76 Å². The molecule has 1 aromatic carbocycles. The zero-order chi connectivity index (χ0) is 16.5. The third-order valence-corrected chi connectivity index (χ3v) is 3.60. The molecule has 0 saturated carbocycles. The van der Waals surface area contributed by atoms with Crippen LogP contribution in [0.25, 0.3) is 0 Å².